The first-order valence-corrected chi connectivity index (χ1v) is 10.9. The number of aliphatic carboxylic acids is 1. The van der Waals surface area contributed by atoms with Gasteiger partial charge in [0.15, 0.2) is 0 Å². The third-order valence-electron chi connectivity index (χ3n) is 5.87. The second-order valence-corrected chi connectivity index (χ2v) is 8.75. The van der Waals surface area contributed by atoms with Crippen LogP contribution in [0.5, 0.6) is 0 Å². The van der Waals surface area contributed by atoms with Crippen molar-refractivity contribution in [2.24, 2.45) is 11.8 Å². The number of ether oxygens (including phenoxy) is 1. The van der Waals surface area contributed by atoms with Crippen molar-refractivity contribution in [1.82, 2.24) is 10.3 Å². The number of aromatic nitrogens is 1. The van der Waals surface area contributed by atoms with Crippen molar-refractivity contribution in [3.8, 4) is 11.5 Å². The Labute approximate surface area is 183 Å². The molecule has 1 aromatic heterocycles. The van der Waals surface area contributed by atoms with Gasteiger partial charge in [-0.25, -0.2) is 9.78 Å². The lowest BCUT2D eigenvalue weighted by molar-refractivity contribution is -0.144. The molecule has 1 aromatic carbocycles. The molecule has 2 N–H and O–H groups in total. The molecule has 2 aromatic rings. The summed E-state index contributed by atoms with van der Waals surface area (Å²) in [6.45, 7) is 7.81. The molecular weight excluding hydrogens is 396 g/mol. The second kappa shape index (κ2) is 10.1. The molecule has 0 spiro atoms. The van der Waals surface area contributed by atoms with Gasteiger partial charge in [-0.15, -0.1) is 0 Å². The highest BCUT2D eigenvalue weighted by molar-refractivity contribution is 5.85. The quantitative estimate of drug-likeness (QED) is 0.651. The van der Waals surface area contributed by atoms with Crippen molar-refractivity contribution in [2.45, 2.75) is 72.1 Å². The van der Waals surface area contributed by atoms with E-state index < -0.39 is 12.0 Å². The number of carboxylic acids is 1. The Bertz CT molecular complexity index is 903. The molecule has 1 saturated carbocycles. The molecule has 3 rings (SSSR count). The van der Waals surface area contributed by atoms with Crippen LogP contribution in [-0.4, -0.2) is 34.1 Å². The number of hydrogen-bond donors (Lipinski definition) is 2. The Hall–Kier alpha value is -2.67. The highest BCUT2D eigenvalue weighted by Gasteiger charge is 2.31. The zero-order valence-electron chi connectivity index (χ0n) is 18.7. The van der Waals surface area contributed by atoms with Crippen LogP contribution in [0, 0.1) is 25.7 Å². The van der Waals surface area contributed by atoms with Crippen LogP contribution < -0.4 is 5.32 Å². The smallest absolute Gasteiger partial charge is 0.326 e. The topological polar surface area (TPSA) is 102 Å². The van der Waals surface area contributed by atoms with Crippen LogP contribution >= 0.6 is 0 Å². The minimum absolute atomic E-state index is 0.0641. The van der Waals surface area contributed by atoms with Gasteiger partial charge in [0.05, 0.1) is 12.7 Å². The summed E-state index contributed by atoms with van der Waals surface area (Å²) in [6.07, 6.45) is 3.01. The van der Waals surface area contributed by atoms with E-state index in [1.54, 1.807) is 13.8 Å². The van der Waals surface area contributed by atoms with E-state index in [1.807, 2.05) is 38.1 Å². The molecule has 168 valence electrons. The zero-order chi connectivity index (χ0) is 22.5. The number of nitrogens with one attached hydrogen (secondary N) is 1. The van der Waals surface area contributed by atoms with Gasteiger partial charge in [0.1, 0.15) is 17.5 Å². The monoisotopic (exact) mass is 428 g/mol. The van der Waals surface area contributed by atoms with Crippen molar-refractivity contribution in [3.63, 3.8) is 0 Å². The predicted molar refractivity (Wildman–Crippen MR) is 116 cm³/mol. The summed E-state index contributed by atoms with van der Waals surface area (Å²) in [4.78, 5) is 28.6. The van der Waals surface area contributed by atoms with Gasteiger partial charge in [0, 0.05) is 11.5 Å². The number of rotatable bonds is 8. The molecule has 1 aliphatic rings. The molecule has 0 aliphatic heterocycles. The molecule has 7 nitrogen and oxygen atoms in total. The molecular formula is C24H32N2O5. The number of carbonyl (C=O) groups is 2. The summed E-state index contributed by atoms with van der Waals surface area (Å²) < 4.78 is 11.9. The van der Waals surface area contributed by atoms with Crippen LogP contribution in [0.25, 0.3) is 11.5 Å². The lowest BCUT2D eigenvalue weighted by Crippen LogP contribution is -2.47. The SMILES string of the molecule is Cc1ccc(-c2nc(COC3CCCC(C(=O)N[C@H](C(=O)O)C(C)C)C3)c(C)o2)cc1. The summed E-state index contributed by atoms with van der Waals surface area (Å²) in [7, 11) is 0. The molecule has 1 fully saturated rings. The van der Waals surface area contributed by atoms with Gasteiger partial charge in [-0.05, 0) is 51.2 Å². The van der Waals surface area contributed by atoms with E-state index in [9.17, 15) is 14.7 Å². The average molecular weight is 429 g/mol. The normalized spacial score (nSPS) is 19.9. The van der Waals surface area contributed by atoms with Gasteiger partial charge < -0.3 is 19.6 Å². The number of nitrogens with zero attached hydrogens (tertiary/aromatic N) is 1. The first kappa shape index (κ1) is 23.0. The summed E-state index contributed by atoms with van der Waals surface area (Å²) in [5.74, 6) is -0.311. The Morgan fingerprint density at radius 1 is 1.23 bits per heavy atom. The highest BCUT2D eigenvalue weighted by Crippen LogP contribution is 2.29. The fourth-order valence-electron chi connectivity index (χ4n) is 3.90. The van der Waals surface area contributed by atoms with E-state index in [0.717, 1.165) is 36.3 Å². The van der Waals surface area contributed by atoms with Gasteiger partial charge in [-0.2, -0.15) is 0 Å². The van der Waals surface area contributed by atoms with Gasteiger partial charge in [-0.1, -0.05) is 38.0 Å². The maximum Gasteiger partial charge on any atom is 0.326 e. The van der Waals surface area contributed by atoms with E-state index >= 15 is 0 Å². The number of benzene rings is 1. The second-order valence-electron chi connectivity index (χ2n) is 8.75. The molecule has 1 heterocycles. The number of aryl methyl sites for hydroxylation is 2. The number of carbonyl (C=O) groups excluding carboxylic acids is 1. The zero-order valence-corrected chi connectivity index (χ0v) is 18.7. The standard InChI is InChI=1S/C24H32N2O5/c1-14(2)21(24(28)29)26-22(27)18-6-5-7-19(12-18)30-13-20-16(4)31-23(25-20)17-10-8-15(3)9-11-17/h8-11,14,18-19,21H,5-7,12-13H2,1-4H3,(H,26,27)(H,28,29)/t18?,19?,21-/m0/s1. The number of hydrogen-bond acceptors (Lipinski definition) is 5. The van der Waals surface area contributed by atoms with Gasteiger partial charge in [0.25, 0.3) is 0 Å². The van der Waals surface area contributed by atoms with Crippen molar-refractivity contribution >= 4 is 11.9 Å². The van der Waals surface area contributed by atoms with E-state index in [2.05, 4.69) is 10.3 Å². The summed E-state index contributed by atoms with van der Waals surface area (Å²) in [6, 6.07) is 7.14. The van der Waals surface area contributed by atoms with Crippen molar-refractivity contribution in [1.29, 1.82) is 0 Å². The summed E-state index contributed by atoms with van der Waals surface area (Å²) >= 11 is 0. The number of carboxylic acid groups (broad SMARTS) is 1. The van der Waals surface area contributed by atoms with Crippen molar-refractivity contribution in [3.05, 3.63) is 41.3 Å². The number of amides is 1. The van der Waals surface area contributed by atoms with Gasteiger partial charge in [0.2, 0.25) is 11.8 Å². The summed E-state index contributed by atoms with van der Waals surface area (Å²) in [5.41, 5.74) is 2.86. The van der Waals surface area contributed by atoms with E-state index in [4.69, 9.17) is 9.15 Å². The summed E-state index contributed by atoms with van der Waals surface area (Å²) in [5, 5.41) is 12.0. The number of oxazole rings is 1. The fourth-order valence-corrected chi connectivity index (χ4v) is 3.90. The van der Waals surface area contributed by atoms with Crippen LogP contribution in [0.2, 0.25) is 0 Å². The lowest BCUT2D eigenvalue weighted by atomic mass is 9.86. The third-order valence-corrected chi connectivity index (χ3v) is 5.87. The first-order valence-electron chi connectivity index (χ1n) is 10.9. The van der Waals surface area contributed by atoms with E-state index in [0.29, 0.717) is 18.9 Å². The van der Waals surface area contributed by atoms with Crippen LogP contribution in [0.15, 0.2) is 28.7 Å². The third kappa shape index (κ3) is 5.94. The average Bonchev–Trinajstić information content (AvgIpc) is 3.11. The van der Waals surface area contributed by atoms with Crippen molar-refractivity contribution < 1.29 is 23.8 Å². The molecule has 0 radical (unpaired) electrons. The lowest BCUT2D eigenvalue weighted by Gasteiger charge is -2.29. The van der Waals surface area contributed by atoms with Crippen LogP contribution in [0.1, 0.15) is 56.5 Å². The Morgan fingerprint density at radius 3 is 2.58 bits per heavy atom. The van der Waals surface area contributed by atoms with Crippen LogP contribution in [-0.2, 0) is 20.9 Å². The van der Waals surface area contributed by atoms with E-state index in [1.165, 1.54) is 5.56 Å². The fraction of sp³-hybridized carbons (Fsp3) is 0.542. The molecule has 0 saturated heterocycles. The van der Waals surface area contributed by atoms with Crippen LogP contribution in [0.3, 0.4) is 0 Å². The van der Waals surface area contributed by atoms with Crippen molar-refractivity contribution in [2.75, 3.05) is 0 Å². The highest BCUT2D eigenvalue weighted by atomic mass is 16.5. The molecule has 7 heteroatoms. The molecule has 31 heavy (non-hydrogen) atoms. The molecule has 1 aliphatic carbocycles. The minimum Gasteiger partial charge on any atom is -0.480 e. The molecule has 1 amide bonds. The maximum atomic E-state index is 12.6. The van der Waals surface area contributed by atoms with Crippen LogP contribution in [0.4, 0.5) is 0 Å². The maximum absolute atomic E-state index is 12.6. The molecule has 2 unspecified atom stereocenters. The first-order chi connectivity index (χ1) is 14.7. The molecule has 3 atom stereocenters. The predicted octanol–water partition coefficient (Wildman–Crippen LogP) is 4.26. The van der Waals surface area contributed by atoms with Gasteiger partial charge in [-0.3, -0.25) is 4.79 Å². The Kier molecular flexibility index (Phi) is 7.49. The largest absolute Gasteiger partial charge is 0.480 e. The minimum atomic E-state index is -1.00. The Balaban J connectivity index is 1.57. The van der Waals surface area contributed by atoms with E-state index in [-0.39, 0.29) is 23.8 Å². The molecule has 0 bridgehead atoms. The Morgan fingerprint density at radius 2 is 1.94 bits per heavy atom. The van der Waals surface area contributed by atoms with Gasteiger partial charge >= 0.3 is 5.97 Å².